The summed E-state index contributed by atoms with van der Waals surface area (Å²) in [7, 11) is 0. The van der Waals surface area contributed by atoms with Crippen molar-refractivity contribution in [2.45, 2.75) is 25.4 Å². The molecule has 2 aliphatic rings. The summed E-state index contributed by atoms with van der Waals surface area (Å²) in [4.78, 5) is 0. The lowest BCUT2D eigenvalue weighted by molar-refractivity contribution is 0.108. The van der Waals surface area contributed by atoms with Crippen LogP contribution >= 0.6 is 0 Å². The minimum absolute atomic E-state index is 0.0210. The summed E-state index contributed by atoms with van der Waals surface area (Å²) in [5, 5.41) is 9.47. The van der Waals surface area contributed by atoms with Crippen LogP contribution in [-0.2, 0) is 0 Å². The molecule has 0 amide bonds. The lowest BCUT2D eigenvalue weighted by Gasteiger charge is -2.15. The molecule has 0 spiro atoms. The first-order chi connectivity index (χ1) is 4.83. The van der Waals surface area contributed by atoms with Crippen LogP contribution in [0, 0.1) is 17.8 Å². The quantitative estimate of drug-likeness (QED) is 0.553. The molecule has 0 saturated heterocycles. The lowest BCUT2D eigenvalue weighted by atomic mass is 9.97. The van der Waals surface area contributed by atoms with Crippen molar-refractivity contribution in [3.63, 3.8) is 0 Å². The second-order valence-corrected chi connectivity index (χ2v) is 3.70. The molecule has 2 aliphatic carbocycles. The van der Waals surface area contributed by atoms with E-state index in [1.54, 1.807) is 0 Å². The molecule has 0 radical (unpaired) electrons. The minimum Gasteiger partial charge on any atom is -0.393 e. The molecule has 3 N–H and O–H groups in total. The molecular formula is C8H15NO. The Morgan fingerprint density at radius 1 is 1.40 bits per heavy atom. The fourth-order valence-corrected chi connectivity index (χ4v) is 2.81. The normalized spacial score (nSPS) is 52.2. The third-order valence-corrected chi connectivity index (χ3v) is 3.34. The van der Waals surface area contributed by atoms with Gasteiger partial charge in [-0.25, -0.2) is 0 Å². The molecule has 2 heteroatoms. The van der Waals surface area contributed by atoms with Gasteiger partial charge < -0.3 is 10.8 Å². The topological polar surface area (TPSA) is 46.2 Å². The van der Waals surface area contributed by atoms with E-state index in [1.807, 2.05) is 0 Å². The molecule has 2 saturated carbocycles. The van der Waals surface area contributed by atoms with Gasteiger partial charge in [0.15, 0.2) is 0 Å². The monoisotopic (exact) mass is 141 g/mol. The van der Waals surface area contributed by atoms with Crippen molar-refractivity contribution in [3.8, 4) is 0 Å². The molecule has 4 atom stereocenters. The summed E-state index contributed by atoms with van der Waals surface area (Å²) in [5.41, 5.74) is 5.61. The summed E-state index contributed by atoms with van der Waals surface area (Å²) in [6.07, 6.45) is 3.52. The second kappa shape index (κ2) is 2.21. The van der Waals surface area contributed by atoms with Crippen LogP contribution in [0.2, 0.25) is 0 Å². The first kappa shape index (κ1) is 6.62. The minimum atomic E-state index is -0.0210. The van der Waals surface area contributed by atoms with E-state index in [4.69, 9.17) is 5.73 Å². The van der Waals surface area contributed by atoms with Crippen molar-refractivity contribution in [1.82, 2.24) is 0 Å². The Morgan fingerprint density at radius 2 is 2.20 bits per heavy atom. The Kier molecular flexibility index (Phi) is 1.46. The van der Waals surface area contributed by atoms with Crippen molar-refractivity contribution >= 4 is 0 Å². The van der Waals surface area contributed by atoms with E-state index in [-0.39, 0.29) is 6.10 Å². The number of fused-ring (bicyclic) bond motifs is 2. The van der Waals surface area contributed by atoms with E-state index in [1.165, 1.54) is 12.8 Å². The van der Waals surface area contributed by atoms with E-state index >= 15 is 0 Å². The SMILES string of the molecule is NC[C@H]1[C@H]2CC[C@H]1[C@H](O)C2. The fourth-order valence-electron chi connectivity index (χ4n) is 2.81. The van der Waals surface area contributed by atoms with Crippen LogP contribution in [0.5, 0.6) is 0 Å². The Hall–Kier alpha value is -0.0800. The van der Waals surface area contributed by atoms with Gasteiger partial charge in [0.1, 0.15) is 0 Å². The lowest BCUT2D eigenvalue weighted by Crippen LogP contribution is -2.22. The van der Waals surface area contributed by atoms with Crippen LogP contribution in [0.25, 0.3) is 0 Å². The summed E-state index contributed by atoms with van der Waals surface area (Å²) < 4.78 is 0. The van der Waals surface area contributed by atoms with Crippen LogP contribution in [0.3, 0.4) is 0 Å². The average molecular weight is 141 g/mol. The van der Waals surface area contributed by atoms with Gasteiger partial charge >= 0.3 is 0 Å². The maximum Gasteiger partial charge on any atom is 0.0574 e. The van der Waals surface area contributed by atoms with Crippen LogP contribution in [0.4, 0.5) is 0 Å². The number of aliphatic hydroxyl groups excluding tert-OH is 1. The molecular weight excluding hydrogens is 126 g/mol. The van der Waals surface area contributed by atoms with Gasteiger partial charge in [0.2, 0.25) is 0 Å². The van der Waals surface area contributed by atoms with Crippen LogP contribution in [0.15, 0.2) is 0 Å². The molecule has 2 rings (SSSR count). The zero-order valence-corrected chi connectivity index (χ0v) is 6.16. The van der Waals surface area contributed by atoms with Crippen molar-refractivity contribution in [3.05, 3.63) is 0 Å². The van der Waals surface area contributed by atoms with Gasteiger partial charge in [-0.2, -0.15) is 0 Å². The third-order valence-electron chi connectivity index (χ3n) is 3.34. The highest BCUT2D eigenvalue weighted by Gasteiger charge is 2.46. The van der Waals surface area contributed by atoms with Crippen molar-refractivity contribution in [1.29, 1.82) is 0 Å². The van der Waals surface area contributed by atoms with E-state index in [2.05, 4.69) is 0 Å². The van der Waals surface area contributed by atoms with Gasteiger partial charge in [-0.05, 0) is 43.6 Å². The Balaban J connectivity index is 2.11. The average Bonchev–Trinajstić information content (AvgIpc) is 2.42. The third kappa shape index (κ3) is 0.722. The Morgan fingerprint density at radius 3 is 2.50 bits per heavy atom. The van der Waals surface area contributed by atoms with E-state index < -0.39 is 0 Å². The molecule has 2 fully saturated rings. The Labute approximate surface area is 61.4 Å². The predicted octanol–water partition coefficient (Wildman–Crippen LogP) is 0.352. The Bertz CT molecular complexity index is 137. The zero-order valence-electron chi connectivity index (χ0n) is 6.16. The van der Waals surface area contributed by atoms with E-state index in [0.717, 1.165) is 18.9 Å². The van der Waals surface area contributed by atoms with Crippen molar-refractivity contribution in [2.75, 3.05) is 6.54 Å². The smallest absolute Gasteiger partial charge is 0.0574 e. The molecule has 2 bridgehead atoms. The number of aliphatic hydroxyl groups is 1. The van der Waals surface area contributed by atoms with Gasteiger partial charge in [0.05, 0.1) is 6.10 Å². The predicted molar refractivity (Wildman–Crippen MR) is 39.4 cm³/mol. The first-order valence-corrected chi connectivity index (χ1v) is 4.21. The van der Waals surface area contributed by atoms with E-state index in [0.29, 0.717) is 11.8 Å². The summed E-state index contributed by atoms with van der Waals surface area (Å²) in [6.45, 7) is 0.784. The zero-order chi connectivity index (χ0) is 7.14. The summed E-state index contributed by atoms with van der Waals surface area (Å²) >= 11 is 0. The largest absolute Gasteiger partial charge is 0.393 e. The standard InChI is InChI=1S/C8H15NO/c9-4-7-5-1-2-6(7)8(10)3-5/h5-8,10H,1-4,9H2/t5-,6+,7-,8+/m0/s1. The first-order valence-electron chi connectivity index (χ1n) is 4.21. The second-order valence-electron chi connectivity index (χ2n) is 3.70. The van der Waals surface area contributed by atoms with Gasteiger partial charge in [-0.15, -0.1) is 0 Å². The number of hydrogen-bond acceptors (Lipinski definition) is 2. The molecule has 10 heavy (non-hydrogen) atoms. The summed E-state index contributed by atoms with van der Waals surface area (Å²) in [6, 6.07) is 0. The number of hydrogen-bond donors (Lipinski definition) is 2. The molecule has 58 valence electrons. The molecule has 0 unspecified atom stereocenters. The van der Waals surface area contributed by atoms with Gasteiger partial charge in [-0.3, -0.25) is 0 Å². The molecule has 0 aromatic carbocycles. The molecule has 0 heterocycles. The van der Waals surface area contributed by atoms with Gasteiger partial charge in [0, 0.05) is 0 Å². The van der Waals surface area contributed by atoms with Crippen LogP contribution in [0.1, 0.15) is 19.3 Å². The maximum absolute atomic E-state index is 9.47. The number of rotatable bonds is 1. The molecule has 0 aliphatic heterocycles. The highest BCUT2D eigenvalue weighted by atomic mass is 16.3. The summed E-state index contributed by atoms with van der Waals surface area (Å²) in [5.74, 6) is 1.95. The fraction of sp³-hybridized carbons (Fsp3) is 1.00. The molecule has 0 aromatic heterocycles. The number of nitrogens with two attached hydrogens (primary N) is 1. The van der Waals surface area contributed by atoms with Crippen LogP contribution in [-0.4, -0.2) is 17.8 Å². The van der Waals surface area contributed by atoms with E-state index in [9.17, 15) is 5.11 Å². The molecule has 2 nitrogen and oxygen atoms in total. The van der Waals surface area contributed by atoms with Crippen molar-refractivity contribution < 1.29 is 5.11 Å². The maximum atomic E-state index is 9.47. The highest BCUT2D eigenvalue weighted by molar-refractivity contribution is 4.97. The molecule has 0 aromatic rings. The van der Waals surface area contributed by atoms with Crippen LogP contribution < -0.4 is 5.73 Å². The van der Waals surface area contributed by atoms with Gasteiger partial charge in [0.25, 0.3) is 0 Å². The highest BCUT2D eigenvalue weighted by Crippen LogP contribution is 2.48. The van der Waals surface area contributed by atoms with Crippen molar-refractivity contribution in [2.24, 2.45) is 23.5 Å². The van der Waals surface area contributed by atoms with Gasteiger partial charge in [-0.1, -0.05) is 0 Å².